The Kier molecular flexibility index (Phi) is 4.83. The lowest BCUT2D eigenvalue weighted by Crippen LogP contribution is -2.32. The fourth-order valence-electron chi connectivity index (χ4n) is 2.72. The van der Waals surface area contributed by atoms with Crippen molar-refractivity contribution >= 4 is 28.8 Å². The van der Waals surface area contributed by atoms with Gasteiger partial charge in [0.2, 0.25) is 0 Å². The highest BCUT2D eigenvalue weighted by Gasteiger charge is 2.11. The van der Waals surface area contributed by atoms with Crippen LogP contribution in [0.15, 0.2) is 35.4 Å². The van der Waals surface area contributed by atoms with E-state index in [-0.39, 0.29) is 0 Å². The van der Waals surface area contributed by atoms with Crippen LogP contribution in [-0.4, -0.2) is 42.1 Å². The molecule has 0 aliphatic carbocycles. The standard InChI is InChI=1S/C17H20IN3O/c1-13-11-15(12-19-20-7-9-22-10-8-20)14(2)21(13)17-5-3-16(18)4-6-17/h3-6,11-12H,7-10H2,1-2H3. The van der Waals surface area contributed by atoms with Gasteiger partial charge in [-0.3, -0.25) is 5.01 Å². The molecule has 1 fully saturated rings. The van der Waals surface area contributed by atoms with Gasteiger partial charge in [0.15, 0.2) is 0 Å². The molecule has 1 aromatic heterocycles. The minimum atomic E-state index is 0.763. The minimum absolute atomic E-state index is 0.763. The first-order valence-corrected chi connectivity index (χ1v) is 8.54. The van der Waals surface area contributed by atoms with Gasteiger partial charge in [-0.25, -0.2) is 0 Å². The SMILES string of the molecule is Cc1cc(C=NN2CCOCC2)c(C)n1-c1ccc(I)cc1. The first-order valence-electron chi connectivity index (χ1n) is 7.47. The summed E-state index contributed by atoms with van der Waals surface area (Å²) >= 11 is 2.33. The molecule has 0 amide bonds. The molecule has 0 radical (unpaired) electrons. The molecule has 0 saturated carbocycles. The van der Waals surface area contributed by atoms with Crippen LogP contribution in [-0.2, 0) is 4.74 Å². The van der Waals surface area contributed by atoms with E-state index in [2.05, 4.69) is 81.4 Å². The topological polar surface area (TPSA) is 29.8 Å². The van der Waals surface area contributed by atoms with Crippen LogP contribution in [0.1, 0.15) is 17.0 Å². The second-order valence-corrected chi connectivity index (χ2v) is 6.69. The molecule has 116 valence electrons. The van der Waals surface area contributed by atoms with Gasteiger partial charge in [0.25, 0.3) is 0 Å². The van der Waals surface area contributed by atoms with E-state index in [1.54, 1.807) is 0 Å². The largest absolute Gasteiger partial charge is 0.378 e. The fourth-order valence-corrected chi connectivity index (χ4v) is 3.08. The normalized spacial score (nSPS) is 15.7. The molecule has 1 aliphatic heterocycles. The summed E-state index contributed by atoms with van der Waals surface area (Å²) in [6, 6.07) is 10.8. The molecular weight excluding hydrogens is 389 g/mol. The third-order valence-corrected chi connectivity index (χ3v) is 4.62. The lowest BCUT2D eigenvalue weighted by Gasteiger charge is -2.23. The summed E-state index contributed by atoms with van der Waals surface area (Å²) in [7, 11) is 0. The number of rotatable bonds is 3. The molecule has 1 aromatic carbocycles. The van der Waals surface area contributed by atoms with Crippen molar-refractivity contribution in [3.63, 3.8) is 0 Å². The zero-order valence-electron chi connectivity index (χ0n) is 12.9. The predicted molar refractivity (Wildman–Crippen MR) is 97.9 cm³/mol. The third kappa shape index (κ3) is 3.35. The van der Waals surface area contributed by atoms with Gasteiger partial charge in [-0.15, -0.1) is 0 Å². The third-order valence-electron chi connectivity index (χ3n) is 3.90. The van der Waals surface area contributed by atoms with Gasteiger partial charge in [-0.2, -0.15) is 5.10 Å². The molecule has 1 saturated heterocycles. The number of hydrogen-bond donors (Lipinski definition) is 0. The molecule has 22 heavy (non-hydrogen) atoms. The van der Waals surface area contributed by atoms with Gasteiger partial charge >= 0.3 is 0 Å². The minimum Gasteiger partial charge on any atom is -0.378 e. The van der Waals surface area contributed by atoms with Crippen LogP contribution in [0.25, 0.3) is 5.69 Å². The van der Waals surface area contributed by atoms with E-state index in [0.29, 0.717) is 0 Å². The number of aromatic nitrogens is 1. The van der Waals surface area contributed by atoms with Gasteiger partial charge in [0, 0.05) is 26.2 Å². The van der Waals surface area contributed by atoms with Crippen molar-refractivity contribution in [3.8, 4) is 5.69 Å². The Bertz CT molecular complexity index is 670. The first-order chi connectivity index (χ1) is 10.6. The number of morpholine rings is 1. The Morgan fingerprint density at radius 2 is 1.82 bits per heavy atom. The fraction of sp³-hybridized carbons (Fsp3) is 0.353. The van der Waals surface area contributed by atoms with E-state index in [0.717, 1.165) is 26.3 Å². The van der Waals surface area contributed by atoms with E-state index < -0.39 is 0 Å². The number of benzene rings is 1. The second kappa shape index (κ2) is 6.83. The number of ether oxygens (including phenoxy) is 1. The second-order valence-electron chi connectivity index (χ2n) is 5.45. The summed E-state index contributed by atoms with van der Waals surface area (Å²) in [5.74, 6) is 0. The lowest BCUT2D eigenvalue weighted by atomic mass is 10.2. The highest BCUT2D eigenvalue weighted by Crippen LogP contribution is 2.20. The summed E-state index contributed by atoms with van der Waals surface area (Å²) in [6.07, 6.45) is 1.97. The highest BCUT2D eigenvalue weighted by molar-refractivity contribution is 14.1. The smallest absolute Gasteiger partial charge is 0.0659 e. The molecule has 2 heterocycles. The number of aryl methyl sites for hydroxylation is 1. The molecule has 4 nitrogen and oxygen atoms in total. The Hall–Kier alpha value is -1.34. The Labute approximate surface area is 144 Å². The molecule has 3 rings (SSSR count). The van der Waals surface area contributed by atoms with E-state index in [1.807, 2.05) is 6.21 Å². The average Bonchev–Trinajstić information content (AvgIpc) is 2.82. The van der Waals surface area contributed by atoms with Crippen LogP contribution in [0.4, 0.5) is 0 Å². The Morgan fingerprint density at radius 3 is 2.50 bits per heavy atom. The molecule has 2 aromatic rings. The molecular formula is C17H20IN3O. The van der Waals surface area contributed by atoms with Gasteiger partial charge in [0.05, 0.1) is 32.5 Å². The summed E-state index contributed by atoms with van der Waals surface area (Å²) in [4.78, 5) is 0. The number of hydrogen-bond acceptors (Lipinski definition) is 3. The molecule has 5 heteroatoms. The summed E-state index contributed by atoms with van der Waals surface area (Å²) in [5, 5.41) is 6.66. The van der Waals surface area contributed by atoms with E-state index in [1.165, 1.54) is 26.2 Å². The van der Waals surface area contributed by atoms with E-state index in [4.69, 9.17) is 4.74 Å². The van der Waals surface area contributed by atoms with Crippen LogP contribution in [0.5, 0.6) is 0 Å². The molecule has 0 atom stereocenters. The van der Waals surface area contributed by atoms with Crippen molar-refractivity contribution in [2.45, 2.75) is 13.8 Å². The summed E-state index contributed by atoms with van der Waals surface area (Å²) < 4.78 is 8.87. The molecule has 0 unspecified atom stereocenters. The van der Waals surface area contributed by atoms with Crippen LogP contribution >= 0.6 is 22.6 Å². The average molecular weight is 409 g/mol. The summed E-state index contributed by atoms with van der Waals surface area (Å²) in [6.45, 7) is 7.54. The number of halogens is 1. The van der Waals surface area contributed by atoms with Crippen LogP contribution in [0.3, 0.4) is 0 Å². The van der Waals surface area contributed by atoms with Crippen molar-refractivity contribution in [2.75, 3.05) is 26.3 Å². The monoisotopic (exact) mass is 409 g/mol. The van der Waals surface area contributed by atoms with Gasteiger partial charge in [-0.05, 0) is 66.8 Å². The first kappa shape index (κ1) is 15.6. The predicted octanol–water partition coefficient (Wildman–Crippen LogP) is 3.36. The van der Waals surface area contributed by atoms with Crippen molar-refractivity contribution in [3.05, 3.63) is 50.9 Å². The van der Waals surface area contributed by atoms with Gasteiger partial charge in [-0.1, -0.05) is 0 Å². The lowest BCUT2D eigenvalue weighted by molar-refractivity contribution is 0.0397. The van der Waals surface area contributed by atoms with Crippen molar-refractivity contribution in [1.29, 1.82) is 0 Å². The number of hydrazone groups is 1. The van der Waals surface area contributed by atoms with E-state index >= 15 is 0 Å². The van der Waals surface area contributed by atoms with Gasteiger partial charge < -0.3 is 9.30 Å². The maximum absolute atomic E-state index is 5.35. The van der Waals surface area contributed by atoms with Crippen LogP contribution in [0.2, 0.25) is 0 Å². The Balaban J connectivity index is 1.86. The molecule has 0 bridgehead atoms. The summed E-state index contributed by atoms with van der Waals surface area (Å²) in [5.41, 5.74) is 4.81. The van der Waals surface area contributed by atoms with Crippen LogP contribution in [0, 0.1) is 17.4 Å². The molecule has 1 aliphatic rings. The highest BCUT2D eigenvalue weighted by atomic mass is 127. The van der Waals surface area contributed by atoms with Crippen molar-refractivity contribution in [2.24, 2.45) is 5.10 Å². The number of nitrogens with zero attached hydrogens (tertiary/aromatic N) is 3. The van der Waals surface area contributed by atoms with Crippen LogP contribution < -0.4 is 0 Å². The molecule has 0 N–H and O–H groups in total. The Morgan fingerprint density at radius 1 is 1.14 bits per heavy atom. The maximum Gasteiger partial charge on any atom is 0.0659 e. The van der Waals surface area contributed by atoms with Crippen molar-refractivity contribution < 1.29 is 4.74 Å². The van der Waals surface area contributed by atoms with Gasteiger partial charge in [0.1, 0.15) is 0 Å². The quantitative estimate of drug-likeness (QED) is 0.575. The van der Waals surface area contributed by atoms with Crippen molar-refractivity contribution in [1.82, 2.24) is 9.58 Å². The van der Waals surface area contributed by atoms with E-state index in [9.17, 15) is 0 Å². The molecule has 0 spiro atoms. The zero-order valence-corrected chi connectivity index (χ0v) is 15.1. The maximum atomic E-state index is 5.35. The zero-order chi connectivity index (χ0) is 15.5.